The number of piperidine rings is 1. The molecule has 6 rings (SSSR count). The van der Waals surface area contributed by atoms with Crippen LogP contribution in [-0.2, 0) is 24.3 Å². The number of rotatable bonds is 3. The monoisotopic (exact) mass is 521 g/mol. The zero-order chi connectivity index (χ0) is 27.2. The molecule has 4 heterocycles. The van der Waals surface area contributed by atoms with Gasteiger partial charge in [-0.3, -0.25) is 14.5 Å². The standard InChI is InChI=1S/C30H44BN3O4/c1-19-17-33(18-20(19)2)23-15-24(16-23)34-26-14-22(31-37-28(4,5)29(6,7)38-31)8-9-25(26)30(27(34)36)10-12-32(13-11-30)21(3)35/h8-9,14,19-20,23-24H,10-13,15-18H2,1-7H3/t19-,20+,23?,24?. The Labute approximate surface area is 228 Å². The zero-order valence-electron chi connectivity index (χ0n) is 24.3. The quantitative estimate of drug-likeness (QED) is 0.572. The molecule has 8 heteroatoms. The molecule has 206 valence electrons. The Morgan fingerprint density at radius 2 is 1.53 bits per heavy atom. The molecule has 1 saturated carbocycles. The lowest BCUT2D eigenvalue weighted by Gasteiger charge is -2.46. The summed E-state index contributed by atoms with van der Waals surface area (Å²) in [4.78, 5) is 33.1. The first-order valence-corrected chi connectivity index (χ1v) is 14.7. The first-order valence-electron chi connectivity index (χ1n) is 14.7. The van der Waals surface area contributed by atoms with Gasteiger partial charge in [-0.15, -0.1) is 0 Å². The summed E-state index contributed by atoms with van der Waals surface area (Å²) in [6.07, 6.45) is 3.42. The van der Waals surface area contributed by atoms with Crippen LogP contribution >= 0.6 is 0 Å². The highest BCUT2D eigenvalue weighted by molar-refractivity contribution is 6.62. The van der Waals surface area contributed by atoms with Crippen molar-refractivity contribution in [1.29, 1.82) is 0 Å². The lowest BCUT2D eigenvalue weighted by Crippen LogP contribution is -2.57. The zero-order valence-corrected chi connectivity index (χ0v) is 24.3. The van der Waals surface area contributed by atoms with E-state index in [4.69, 9.17) is 9.31 Å². The van der Waals surface area contributed by atoms with E-state index in [1.54, 1.807) is 6.92 Å². The molecule has 0 radical (unpaired) electrons. The number of likely N-dealkylation sites (tertiary alicyclic amines) is 2. The molecule has 1 aromatic carbocycles. The van der Waals surface area contributed by atoms with Crippen molar-refractivity contribution in [2.24, 2.45) is 11.8 Å². The van der Waals surface area contributed by atoms with Crippen LogP contribution in [0.25, 0.3) is 0 Å². The van der Waals surface area contributed by atoms with Crippen LogP contribution in [0, 0.1) is 11.8 Å². The van der Waals surface area contributed by atoms with Gasteiger partial charge in [0.15, 0.2) is 0 Å². The minimum absolute atomic E-state index is 0.0920. The molecule has 5 aliphatic rings. The molecule has 0 aromatic heterocycles. The average Bonchev–Trinajstić information content (AvgIpc) is 3.35. The summed E-state index contributed by atoms with van der Waals surface area (Å²) >= 11 is 0. The second-order valence-corrected chi connectivity index (χ2v) is 13.8. The SMILES string of the molecule is CC(=O)N1CCC2(CC1)C(=O)N(C1CC(N3C[C@@H](C)[C@@H](C)C3)C1)c1cc(B3OC(C)(C)C(C)(C)O3)ccc12. The highest BCUT2D eigenvalue weighted by Crippen LogP contribution is 2.51. The van der Waals surface area contributed by atoms with Crippen molar-refractivity contribution >= 4 is 30.1 Å². The summed E-state index contributed by atoms with van der Waals surface area (Å²) in [5.74, 6) is 1.79. The van der Waals surface area contributed by atoms with Gasteiger partial charge in [0, 0.05) is 50.9 Å². The molecule has 4 fully saturated rings. The number of carbonyl (C=O) groups is 2. The highest BCUT2D eigenvalue weighted by atomic mass is 16.7. The summed E-state index contributed by atoms with van der Waals surface area (Å²) in [7, 11) is -0.458. The van der Waals surface area contributed by atoms with Crippen molar-refractivity contribution < 1.29 is 18.9 Å². The Bertz CT molecular complexity index is 1110. The van der Waals surface area contributed by atoms with Gasteiger partial charge in [0.25, 0.3) is 0 Å². The number of carbonyl (C=O) groups excluding carboxylic acids is 2. The van der Waals surface area contributed by atoms with Crippen molar-refractivity contribution in [3.05, 3.63) is 23.8 Å². The van der Waals surface area contributed by atoms with Crippen LogP contribution in [-0.4, -0.2) is 78.2 Å². The highest BCUT2D eigenvalue weighted by Gasteiger charge is 2.57. The first-order chi connectivity index (χ1) is 17.8. The summed E-state index contributed by atoms with van der Waals surface area (Å²) in [6.45, 7) is 18.2. The van der Waals surface area contributed by atoms with Crippen molar-refractivity contribution in [2.45, 2.75) is 103 Å². The first kappa shape index (κ1) is 26.3. The maximum Gasteiger partial charge on any atom is 0.494 e. The number of hydrogen-bond acceptors (Lipinski definition) is 5. The van der Waals surface area contributed by atoms with Crippen molar-refractivity contribution in [3.63, 3.8) is 0 Å². The summed E-state index contributed by atoms with van der Waals surface area (Å²) in [6, 6.07) is 7.18. The number of benzene rings is 1. The number of fused-ring (bicyclic) bond motifs is 2. The van der Waals surface area contributed by atoms with Crippen molar-refractivity contribution in [2.75, 3.05) is 31.1 Å². The van der Waals surface area contributed by atoms with Gasteiger partial charge in [-0.25, -0.2) is 0 Å². The second-order valence-electron chi connectivity index (χ2n) is 13.8. The predicted octanol–water partition coefficient (Wildman–Crippen LogP) is 3.33. The average molecular weight is 522 g/mol. The normalized spacial score (nSPS) is 33.7. The molecule has 38 heavy (non-hydrogen) atoms. The van der Waals surface area contributed by atoms with Gasteiger partial charge >= 0.3 is 7.12 Å². The maximum absolute atomic E-state index is 14.4. The smallest absolute Gasteiger partial charge is 0.399 e. The fourth-order valence-electron chi connectivity index (χ4n) is 7.32. The van der Waals surface area contributed by atoms with Gasteiger partial charge in [-0.05, 0) is 82.3 Å². The Morgan fingerprint density at radius 1 is 0.947 bits per heavy atom. The van der Waals surface area contributed by atoms with Gasteiger partial charge in [0.05, 0.1) is 16.6 Å². The van der Waals surface area contributed by atoms with Crippen LogP contribution in [0.4, 0.5) is 5.69 Å². The van der Waals surface area contributed by atoms with Crippen LogP contribution in [0.15, 0.2) is 18.2 Å². The third-order valence-corrected chi connectivity index (χ3v) is 11.0. The van der Waals surface area contributed by atoms with E-state index in [9.17, 15) is 9.59 Å². The fraction of sp³-hybridized carbons (Fsp3) is 0.733. The molecule has 4 aliphatic heterocycles. The Kier molecular flexibility index (Phi) is 6.10. The fourth-order valence-corrected chi connectivity index (χ4v) is 7.32. The van der Waals surface area contributed by atoms with Crippen molar-refractivity contribution in [1.82, 2.24) is 9.80 Å². The molecular weight excluding hydrogens is 477 g/mol. The van der Waals surface area contributed by atoms with E-state index in [0.717, 1.165) is 41.4 Å². The van der Waals surface area contributed by atoms with Crippen LogP contribution in [0.5, 0.6) is 0 Å². The number of nitrogens with zero attached hydrogens (tertiary/aromatic N) is 3. The van der Waals surface area contributed by atoms with E-state index in [1.165, 1.54) is 13.1 Å². The lowest BCUT2D eigenvalue weighted by atomic mass is 9.71. The van der Waals surface area contributed by atoms with Crippen LogP contribution < -0.4 is 10.4 Å². The van der Waals surface area contributed by atoms with Gasteiger partial charge < -0.3 is 19.1 Å². The molecule has 0 bridgehead atoms. The van der Waals surface area contributed by atoms with Crippen molar-refractivity contribution in [3.8, 4) is 0 Å². The van der Waals surface area contributed by atoms with Crippen LogP contribution in [0.2, 0.25) is 0 Å². The molecule has 2 atom stereocenters. The number of amides is 2. The Balaban J connectivity index is 1.30. The minimum atomic E-state index is -0.544. The van der Waals surface area contributed by atoms with Gasteiger partial charge in [-0.2, -0.15) is 0 Å². The lowest BCUT2D eigenvalue weighted by molar-refractivity contribution is -0.134. The number of hydrogen-bond donors (Lipinski definition) is 0. The van der Waals surface area contributed by atoms with E-state index in [2.05, 4.69) is 69.5 Å². The van der Waals surface area contributed by atoms with Gasteiger partial charge in [0.2, 0.25) is 11.8 Å². The minimum Gasteiger partial charge on any atom is -0.399 e. The van der Waals surface area contributed by atoms with Crippen LogP contribution in [0.3, 0.4) is 0 Å². The molecule has 1 aromatic rings. The third-order valence-electron chi connectivity index (χ3n) is 11.0. The van der Waals surface area contributed by atoms with Crippen LogP contribution in [0.1, 0.15) is 79.7 Å². The largest absolute Gasteiger partial charge is 0.494 e. The summed E-state index contributed by atoms with van der Waals surface area (Å²) in [5, 5.41) is 0. The molecule has 0 N–H and O–H groups in total. The molecule has 3 saturated heterocycles. The van der Waals surface area contributed by atoms with Gasteiger partial charge in [-0.1, -0.05) is 26.0 Å². The maximum atomic E-state index is 14.4. The van der Waals surface area contributed by atoms with E-state index in [0.29, 0.717) is 32.0 Å². The van der Waals surface area contributed by atoms with Gasteiger partial charge in [0.1, 0.15) is 0 Å². The predicted molar refractivity (Wildman–Crippen MR) is 150 cm³/mol. The molecule has 7 nitrogen and oxygen atoms in total. The van der Waals surface area contributed by atoms with E-state index >= 15 is 0 Å². The van der Waals surface area contributed by atoms with E-state index in [-0.39, 0.29) is 17.9 Å². The Morgan fingerprint density at radius 3 is 2.08 bits per heavy atom. The summed E-state index contributed by atoms with van der Waals surface area (Å²) in [5.41, 5.74) is 1.74. The Hall–Kier alpha value is -1.90. The topological polar surface area (TPSA) is 62.3 Å². The third kappa shape index (κ3) is 3.88. The second kappa shape index (κ2) is 8.80. The summed E-state index contributed by atoms with van der Waals surface area (Å²) < 4.78 is 12.8. The number of anilines is 1. The molecule has 0 unspecified atom stereocenters. The molecule has 1 aliphatic carbocycles. The molecular formula is C30H44BN3O4. The molecule has 2 amide bonds. The van der Waals surface area contributed by atoms with E-state index in [1.807, 2.05) is 4.90 Å². The molecule has 1 spiro atoms. The van der Waals surface area contributed by atoms with E-state index < -0.39 is 23.7 Å².